The van der Waals surface area contributed by atoms with Crippen molar-refractivity contribution in [3.63, 3.8) is 0 Å². The quantitative estimate of drug-likeness (QED) is 0.155. The Morgan fingerprint density at radius 1 is 0.456 bits per heavy atom. The molecule has 0 saturated heterocycles. The fraction of sp³-hybridized carbons (Fsp3) is 0.259. The molecule has 0 bridgehead atoms. The maximum absolute atomic E-state index is 2.75. The van der Waals surface area contributed by atoms with E-state index in [1.165, 1.54) is 119 Å². The molecule has 3 heterocycles. The molecule has 0 unspecified atom stereocenters. The topological polar surface area (TPSA) is 6.48 Å². The first kappa shape index (κ1) is 33.6. The summed E-state index contributed by atoms with van der Waals surface area (Å²) >= 11 is 0. The number of hydrogen-bond acceptors (Lipinski definition) is 2. The molecule has 0 amide bonds. The van der Waals surface area contributed by atoms with E-state index in [2.05, 4.69) is 192 Å². The molecule has 0 spiro atoms. The lowest BCUT2D eigenvalue weighted by Gasteiger charge is -2.52. The first-order valence-electron chi connectivity index (χ1n) is 21.1. The van der Waals surface area contributed by atoms with Crippen LogP contribution in [-0.2, 0) is 21.7 Å². The Bertz CT molecular complexity index is 2930. The van der Waals surface area contributed by atoms with Gasteiger partial charge in [-0.3, -0.25) is 0 Å². The zero-order valence-electron chi connectivity index (χ0n) is 34.5. The molecule has 5 aliphatic rings. The maximum Gasteiger partial charge on any atom is 0.333 e. The molecule has 12 rings (SSSR count). The molecule has 278 valence electrons. The van der Waals surface area contributed by atoms with Crippen LogP contribution in [0.2, 0.25) is 0 Å². The number of anilines is 5. The van der Waals surface area contributed by atoms with Gasteiger partial charge >= 0.3 is 6.85 Å². The molecule has 2 nitrogen and oxygen atoms in total. The Balaban J connectivity index is 1.30. The predicted molar refractivity (Wildman–Crippen MR) is 243 cm³/mol. The summed E-state index contributed by atoms with van der Waals surface area (Å²) < 4.78 is 0. The van der Waals surface area contributed by atoms with Crippen LogP contribution in [0.3, 0.4) is 0 Å². The highest BCUT2D eigenvalue weighted by atomic mass is 15.2. The van der Waals surface area contributed by atoms with E-state index in [4.69, 9.17) is 0 Å². The number of rotatable bonds is 1. The molecule has 3 aliphatic heterocycles. The lowest BCUT2D eigenvalue weighted by molar-refractivity contribution is 0.332. The van der Waals surface area contributed by atoms with Crippen molar-refractivity contribution in [1.29, 1.82) is 0 Å². The molecular formula is C54H49BN2. The number of fused-ring (bicyclic) bond motifs is 12. The van der Waals surface area contributed by atoms with E-state index in [1.807, 2.05) is 0 Å². The first-order valence-corrected chi connectivity index (χ1v) is 21.1. The minimum Gasteiger partial charge on any atom is -0.376 e. The monoisotopic (exact) mass is 736 g/mol. The summed E-state index contributed by atoms with van der Waals surface area (Å²) in [6.45, 7) is 19.7. The molecular weight excluding hydrogens is 687 g/mol. The van der Waals surface area contributed by atoms with Crippen LogP contribution in [0.4, 0.5) is 28.4 Å². The van der Waals surface area contributed by atoms with E-state index in [-0.39, 0.29) is 28.5 Å². The second-order valence-electron chi connectivity index (χ2n) is 20.0. The normalized spacial score (nSPS) is 18.8. The Morgan fingerprint density at radius 3 is 1.86 bits per heavy atom. The van der Waals surface area contributed by atoms with E-state index in [0.29, 0.717) is 0 Å². The highest BCUT2D eigenvalue weighted by Gasteiger charge is 2.53. The van der Waals surface area contributed by atoms with Crippen LogP contribution in [0, 0.1) is 0 Å². The Morgan fingerprint density at radius 2 is 1.11 bits per heavy atom. The number of benzene rings is 7. The first-order chi connectivity index (χ1) is 27.3. The smallest absolute Gasteiger partial charge is 0.333 e. The highest BCUT2D eigenvalue weighted by molar-refractivity contribution is 6.93. The van der Waals surface area contributed by atoms with Crippen LogP contribution in [0.1, 0.15) is 102 Å². The van der Waals surface area contributed by atoms with Crippen molar-refractivity contribution in [2.45, 2.75) is 89.9 Å². The molecule has 0 radical (unpaired) electrons. The molecule has 3 heteroatoms. The predicted octanol–water partition coefficient (Wildman–Crippen LogP) is 12.8. The van der Waals surface area contributed by atoms with Crippen LogP contribution in [0.5, 0.6) is 0 Å². The summed E-state index contributed by atoms with van der Waals surface area (Å²) in [6.07, 6.45) is 2.37. The van der Waals surface area contributed by atoms with Crippen molar-refractivity contribution < 1.29 is 0 Å². The van der Waals surface area contributed by atoms with Gasteiger partial charge in [-0.25, -0.2) is 0 Å². The molecule has 0 aromatic heterocycles. The van der Waals surface area contributed by atoms with Crippen LogP contribution in [-0.4, -0.2) is 6.85 Å². The summed E-state index contributed by atoms with van der Waals surface area (Å²) in [5.74, 6) is 0. The van der Waals surface area contributed by atoms with Gasteiger partial charge in [0.1, 0.15) is 0 Å². The molecule has 57 heavy (non-hydrogen) atoms. The molecule has 0 fully saturated rings. The van der Waals surface area contributed by atoms with Crippen molar-refractivity contribution in [3.8, 4) is 22.3 Å². The van der Waals surface area contributed by atoms with E-state index < -0.39 is 0 Å². The third-order valence-electron chi connectivity index (χ3n) is 15.2. The van der Waals surface area contributed by atoms with Gasteiger partial charge in [0.25, 0.3) is 0 Å². The molecule has 7 aromatic rings. The van der Waals surface area contributed by atoms with Crippen molar-refractivity contribution in [2.24, 2.45) is 0 Å². The molecule has 0 atom stereocenters. The van der Waals surface area contributed by atoms with Gasteiger partial charge in [0.05, 0.1) is 5.69 Å². The lowest BCUT2D eigenvalue weighted by Crippen LogP contribution is -2.63. The van der Waals surface area contributed by atoms with E-state index in [1.54, 1.807) is 0 Å². The SMILES string of the molecule is CC1(C)CCC(C)(C)c2cc3c(cc21)-c1cc2c(c4c1B(c1cccc5c1N4c1cc4ccccc4cc1C5(C)C)N3c1ccccc1)C(C)(C)c1ccccc1-2. The Hall–Kier alpha value is -5.54. The zero-order chi connectivity index (χ0) is 39.0. The third-order valence-corrected chi connectivity index (χ3v) is 15.2. The van der Waals surface area contributed by atoms with Crippen LogP contribution in [0.15, 0.2) is 127 Å². The average Bonchev–Trinajstić information content (AvgIpc) is 3.44. The molecule has 0 N–H and O–H groups in total. The fourth-order valence-corrected chi connectivity index (χ4v) is 12.1. The maximum atomic E-state index is 2.75. The molecule has 7 aromatic carbocycles. The van der Waals surface area contributed by atoms with E-state index >= 15 is 0 Å². The van der Waals surface area contributed by atoms with Gasteiger partial charge in [-0.15, -0.1) is 0 Å². The minimum atomic E-state index is -0.212. The van der Waals surface area contributed by atoms with Crippen molar-refractivity contribution in [1.82, 2.24) is 0 Å². The minimum absolute atomic E-state index is 0.0171. The van der Waals surface area contributed by atoms with E-state index in [0.717, 1.165) is 0 Å². The van der Waals surface area contributed by atoms with Gasteiger partial charge in [-0.05, 0) is 138 Å². The fourth-order valence-electron chi connectivity index (χ4n) is 12.1. The van der Waals surface area contributed by atoms with Crippen LogP contribution < -0.4 is 20.6 Å². The van der Waals surface area contributed by atoms with Gasteiger partial charge < -0.3 is 9.71 Å². The molecule has 2 aliphatic carbocycles. The Labute approximate surface area is 338 Å². The van der Waals surface area contributed by atoms with Crippen LogP contribution >= 0.6 is 0 Å². The second kappa shape index (κ2) is 10.7. The second-order valence-corrected chi connectivity index (χ2v) is 20.0. The lowest BCUT2D eigenvalue weighted by atomic mass is 9.42. The van der Waals surface area contributed by atoms with Crippen molar-refractivity contribution in [2.75, 3.05) is 9.71 Å². The van der Waals surface area contributed by atoms with Gasteiger partial charge in [0.15, 0.2) is 0 Å². The van der Waals surface area contributed by atoms with Gasteiger partial charge in [-0.1, -0.05) is 140 Å². The molecule has 0 saturated carbocycles. The Kier molecular flexibility index (Phi) is 6.30. The largest absolute Gasteiger partial charge is 0.376 e. The van der Waals surface area contributed by atoms with Crippen LogP contribution in [0.25, 0.3) is 33.0 Å². The third kappa shape index (κ3) is 4.13. The highest BCUT2D eigenvalue weighted by Crippen LogP contribution is 2.62. The summed E-state index contributed by atoms with van der Waals surface area (Å²) in [4.78, 5) is 5.48. The summed E-state index contributed by atoms with van der Waals surface area (Å²) in [5.41, 5.74) is 23.3. The van der Waals surface area contributed by atoms with Crippen molar-refractivity contribution >= 4 is 57.0 Å². The van der Waals surface area contributed by atoms with Gasteiger partial charge in [0.2, 0.25) is 0 Å². The average molecular weight is 737 g/mol. The number of nitrogens with zero attached hydrogens (tertiary/aromatic N) is 2. The van der Waals surface area contributed by atoms with Gasteiger partial charge in [-0.2, -0.15) is 0 Å². The summed E-state index contributed by atoms with van der Waals surface area (Å²) in [7, 11) is 0. The van der Waals surface area contributed by atoms with Crippen molar-refractivity contribution in [3.05, 3.63) is 161 Å². The van der Waals surface area contributed by atoms with E-state index in [9.17, 15) is 0 Å². The number of hydrogen-bond donors (Lipinski definition) is 0. The summed E-state index contributed by atoms with van der Waals surface area (Å²) in [5, 5.41) is 2.58. The standard InChI is InChI=1S/C54H49BN2/c1-51(2)25-26-52(3,4)42-31-45-36(30-41(42)51)38-29-37-35-21-14-15-22-39(35)54(7,8)47(37)50-48(38)55(57(45)34-19-10-9-11-20-34)44-24-16-23-40-49(44)56(50)46-28-33-18-13-12-17-32(33)27-43(46)53(40,5)6/h9-24,27-31H,25-26H2,1-8H3. The summed E-state index contributed by atoms with van der Waals surface area (Å²) in [6, 6.07) is 49.5. The van der Waals surface area contributed by atoms with Gasteiger partial charge in [0, 0.05) is 39.1 Å². The zero-order valence-corrected chi connectivity index (χ0v) is 34.5. The number of para-hydroxylation sites is 2.